The van der Waals surface area contributed by atoms with Crippen LogP contribution in [0.25, 0.3) is 0 Å². The summed E-state index contributed by atoms with van der Waals surface area (Å²) in [6, 6.07) is 7.20. The predicted molar refractivity (Wildman–Crippen MR) is 203 cm³/mol. The molecule has 0 spiro atoms. The minimum Gasteiger partial charge on any atom is -0.493 e. The fourth-order valence-corrected chi connectivity index (χ4v) is 9.29. The molecule has 0 radical (unpaired) electrons. The minimum atomic E-state index is -3.16. The maximum Gasteiger partial charge on any atom is 0.407 e. The predicted octanol–water partition coefficient (Wildman–Crippen LogP) is 6.74. The Labute approximate surface area is 304 Å². The van der Waals surface area contributed by atoms with Crippen LogP contribution in [0.3, 0.4) is 0 Å². The number of unbranched alkanes of at least 4 members (excludes halogenated alkanes) is 1. The molecular formula is C37H48N3O7PS2. The molecule has 2 aliphatic carbocycles. The molecule has 10 nitrogen and oxygen atoms in total. The number of nitrogens with zero attached hydrogens (tertiary/aromatic N) is 1. The Morgan fingerprint density at radius 1 is 1.20 bits per heavy atom. The highest BCUT2D eigenvalue weighted by atomic mass is 33.1. The van der Waals surface area contributed by atoms with E-state index in [1.54, 1.807) is 59.7 Å². The van der Waals surface area contributed by atoms with Gasteiger partial charge in [-0.1, -0.05) is 70.3 Å². The van der Waals surface area contributed by atoms with Crippen LogP contribution in [-0.2, 0) is 18.9 Å². The third-order valence-corrected chi connectivity index (χ3v) is 13.4. The first-order valence-electron chi connectivity index (χ1n) is 16.6. The van der Waals surface area contributed by atoms with Crippen molar-refractivity contribution >= 4 is 52.5 Å². The molecule has 2 aliphatic rings. The lowest BCUT2D eigenvalue weighted by molar-refractivity contribution is -0.128. The SMILES string of the molecule is CCCCP(=O)(O)CCOc1ccc(/C(C)=N/NC(=O)CC(C)(C)SSC/C=C2\C3C#C/C=C\C#CC[C@H]2[C@@](C)(NC(=O)OC)C(=O)C3)cc1. The second-order valence-corrected chi connectivity index (χ2v) is 18.6. The topological polar surface area (TPSA) is 143 Å². The van der Waals surface area contributed by atoms with Gasteiger partial charge in [0.15, 0.2) is 5.78 Å². The Morgan fingerprint density at radius 2 is 1.92 bits per heavy atom. The summed E-state index contributed by atoms with van der Waals surface area (Å²) >= 11 is 0. The number of rotatable bonds is 16. The number of ketones is 1. The zero-order valence-electron chi connectivity index (χ0n) is 29.7. The van der Waals surface area contributed by atoms with Crippen LogP contribution in [0.1, 0.15) is 72.3 Å². The summed E-state index contributed by atoms with van der Waals surface area (Å²) in [6.45, 7) is 9.67. The second-order valence-electron chi connectivity index (χ2n) is 13.0. The van der Waals surface area contributed by atoms with E-state index in [9.17, 15) is 23.8 Å². The number of hydrogen-bond donors (Lipinski definition) is 3. The maximum absolute atomic E-state index is 13.3. The number of carbonyl (C=O) groups excluding carboxylic acids is 3. The van der Waals surface area contributed by atoms with Crippen LogP contribution in [0.15, 0.2) is 53.2 Å². The van der Waals surface area contributed by atoms with Crippen molar-refractivity contribution in [3.8, 4) is 29.4 Å². The van der Waals surface area contributed by atoms with E-state index in [0.717, 1.165) is 24.0 Å². The van der Waals surface area contributed by atoms with E-state index in [1.807, 2.05) is 32.9 Å². The molecule has 13 heteroatoms. The van der Waals surface area contributed by atoms with Crippen molar-refractivity contribution in [2.45, 2.75) is 77.0 Å². The van der Waals surface area contributed by atoms with E-state index < -0.39 is 23.7 Å². The van der Waals surface area contributed by atoms with Gasteiger partial charge in [0.2, 0.25) is 13.3 Å². The summed E-state index contributed by atoms with van der Waals surface area (Å²) < 4.78 is 22.2. The Bertz CT molecular complexity index is 1650. The van der Waals surface area contributed by atoms with Crippen LogP contribution in [-0.4, -0.2) is 70.5 Å². The zero-order valence-corrected chi connectivity index (χ0v) is 32.2. The van der Waals surface area contributed by atoms with Crippen molar-refractivity contribution in [1.29, 1.82) is 0 Å². The Hall–Kier alpha value is -3.41. The molecule has 1 fully saturated rings. The van der Waals surface area contributed by atoms with Gasteiger partial charge in [-0.2, -0.15) is 5.10 Å². The average Bonchev–Trinajstić information content (AvgIpc) is 3.07. The highest BCUT2D eigenvalue weighted by Crippen LogP contribution is 2.43. The van der Waals surface area contributed by atoms with Crippen LogP contribution in [0, 0.1) is 35.5 Å². The number of benzene rings is 1. The van der Waals surface area contributed by atoms with Gasteiger partial charge in [0.05, 0.1) is 25.6 Å². The van der Waals surface area contributed by atoms with Gasteiger partial charge in [0.1, 0.15) is 11.3 Å². The van der Waals surface area contributed by atoms with Crippen molar-refractivity contribution in [2.75, 3.05) is 31.8 Å². The molecule has 2 unspecified atom stereocenters. The van der Waals surface area contributed by atoms with Gasteiger partial charge < -0.3 is 19.7 Å². The molecule has 4 atom stereocenters. The van der Waals surface area contributed by atoms with Crippen LogP contribution in [0.4, 0.5) is 4.79 Å². The smallest absolute Gasteiger partial charge is 0.407 e. The summed E-state index contributed by atoms with van der Waals surface area (Å²) in [5.74, 6) is 12.5. The lowest BCUT2D eigenvalue weighted by Crippen LogP contribution is -2.60. The van der Waals surface area contributed by atoms with Crippen molar-refractivity contribution in [3.05, 3.63) is 53.6 Å². The van der Waals surface area contributed by atoms with Gasteiger partial charge in [-0.05, 0) is 76.1 Å². The van der Waals surface area contributed by atoms with E-state index in [4.69, 9.17) is 9.47 Å². The Balaban J connectivity index is 1.56. The number of hydrazone groups is 1. The van der Waals surface area contributed by atoms with Crippen LogP contribution >= 0.6 is 29.0 Å². The lowest BCUT2D eigenvalue weighted by atomic mass is 9.64. The van der Waals surface area contributed by atoms with Crippen LogP contribution in [0.5, 0.6) is 5.75 Å². The summed E-state index contributed by atoms with van der Waals surface area (Å²) in [5.41, 5.74) is 3.88. The molecule has 50 heavy (non-hydrogen) atoms. The minimum absolute atomic E-state index is 0.112. The van der Waals surface area contributed by atoms with E-state index in [0.29, 0.717) is 29.8 Å². The van der Waals surface area contributed by atoms with Gasteiger partial charge in [-0.15, -0.1) is 0 Å². The summed E-state index contributed by atoms with van der Waals surface area (Å²) in [7, 11) is 1.28. The number of hydrogen-bond acceptors (Lipinski definition) is 9. The van der Waals surface area contributed by atoms with Gasteiger partial charge in [0, 0.05) is 47.8 Å². The molecule has 1 aromatic rings. The molecule has 2 amide bonds. The number of nitrogens with one attached hydrogen (secondary N) is 2. The molecule has 270 valence electrons. The molecule has 0 heterocycles. The molecule has 3 rings (SSSR count). The number of fused-ring (bicyclic) bond motifs is 2. The first-order chi connectivity index (χ1) is 23.7. The number of amides is 2. The van der Waals surface area contributed by atoms with Crippen LogP contribution in [0.2, 0.25) is 0 Å². The van der Waals surface area contributed by atoms with Crippen LogP contribution < -0.4 is 15.5 Å². The third kappa shape index (κ3) is 12.7. The molecule has 0 saturated heterocycles. The molecule has 0 aromatic heterocycles. The van der Waals surface area contributed by atoms with Crippen molar-refractivity contribution < 1.29 is 33.3 Å². The molecule has 2 bridgehead atoms. The van der Waals surface area contributed by atoms with E-state index in [-0.39, 0.29) is 49.1 Å². The van der Waals surface area contributed by atoms with Gasteiger partial charge in [0.25, 0.3) is 0 Å². The molecule has 0 aliphatic heterocycles. The standard InChI is InChI=1S/C37H48N3O7PS2/c1-7-8-22-48(44,45)23-21-47-30-18-16-28(17-19-30)27(2)39-40-34(42)26-36(3,4)50-49-24-20-31-29-14-12-10-9-11-13-15-32(31)37(5,33(41)25-29)38-35(43)46-6/h9-10,16-20,29,32H,7-8,15,21-26H2,1-6H3,(H,38,43)(H,40,42)(H,44,45)/b10-9-,31-20+,39-27+/t29?,32-,37-/m1/s1. The number of carbonyl (C=O) groups is 3. The number of ether oxygens (including phenoxy) is 2. The third-order valence-electron chi connectivity index (χ3n) is 8.38. The maximum atomic E-state index is 13.3. The van der Waals surface area contributed by atoms with Gasteiger partial charge in [-0.25, -0.2) is 10.2 Å². The quantitative estimate of drug-likeness (QED) is 0.0319. The molecule has 3 N–H and O–H groups in total. The highest BCUT2D eigenvalue weighted by Gasteiger charge is 2.49. The number of methoxy groups -OCH3 is 1. The monoisotopic (exact) mass is 741 g/mol. The number of Topliss-reactive ketones (excluding diaryl/α,β-unsaturated/α-hetero) is 1. The van der Waals surface area contributed by atoms with Crippen molar-refractivity contribution in [2.24, 2.45) is 16.9 Å². The number of allylic oxidation sites excluding steroid dienone is 2. The molecular weight excluding hydrogens is 694 g/mol. The fourth-order valence-electron chi connectivity index (χ4n) is 5.50. The van der Waals surface area contributed by atoms with E-state index in [1.165, 1.54) is 7.11 Å². The summed E-state index contributed by atoms with van der Waals surface area (Å²) in [5, 5.41) is 7.06. The van der Waals surface area contributed by atoms with Crippen molar-refractivity contribution in [1.82, 2.24) is 10.7 Å². The van der Waals surface area contributed by atoms with E-state index in [2.05, 4.69) is 45.6 Å². The van der Waals surface area contributed by atoms with Gasteiger partial charge in [-0.3, -0.25) is 14.2 Å². The molecule has 1 aromatic carbocycles. The normalized spacial score (nSPS) is 22.9. The largest absolute Gasteiger partial charge is 0.493 e. The van der Waals surface area contributed by atoms with Crippen molar-refractivity contribution in [3.63, 3.8) is 0 Å². The van der Waals surface area contributed by atoms with Gasteiger partial charge >= 0.3 is 6.09 Å². The molecule has 1 saturated carbocycles. The Kier molecular flexibility index (Phi) is 15.8. The summed E-state index contributed by atoms with van der Waals surface area (Å²) in [4.78, 5) is 48.4. The summed E-state index contributed by atoms with van der Waals surface area (Å²) in [6.07, 6.45) is 7.58. The highest BCUT2D eigenvalue weighted by molar-refractivity contribution is 8.77. The fraction of sp³-hybridized carbons (Fsp3) is 0.514. The zero-order chi connectivity index (χ0) is 36.8. The lowest BCUT2D eigenvalue weighted by Gasteiger charge is -2.43. The van der Waals surface area contributed by atoms with E-state index >= 15 is 0 Å². The number of alkyl carbamates (subject to hydrolysis) is 1. The first kappa shape index (κ1) is 41.0. The second kappa shape index (κ2) is 19.3. The first-order valence-corrected chi connectivity index (χ1v) is 21.0. The Morgan fingerprint density at radius 3 is 2.62 bits per heavy atom. The average molecular weight is 742 g/mol.